The molecular formula is C36H30O6. The maximum atomic E-state index is 12.9. The molecule has 0 radical (unpaired) electrons. The molecule has 0 heterocycles. The smallest absolute Gasteiger partial charge is 0.343 e. The molecule has 4 rings (SSSR count). The first-order valence-electron chi connectivity index (χ1n) is 13.3. The van der Waals surface area contributed by atoms with Crippen molar-refractivity contribution in [1.82, 2.24) is 0 Å². The van der Waals surface area contributed by atoms with E-state index in [4.69, 9.17) is 9.47 Å². The molecule has 210 valence electrons. The fourth-order valence-corrected chi connectivity index (χ4v) is 3.80. The lowest BCUT2D eigenvalue weighted by Gasteiger charge is -2.18. The van der Waals surface area contributed by atoms with Crippen LogP contribution in [0.25, 0.3) is 23.7 Å². The first-order chi connectivity index (χ1) is 20.5. The molecule has 6 heteroatoms. The molecular weight excluding hydrogens is 528 g/mol. The van der Waals surface area contributed by atoms with Crippen molar-refractivity contribution in [3.8, 4) is 0 Å². The standard InChI is InChI=1S/C36H30O6/c37-33(35(39)41-31(29-21-9-3-10-22-29)25-13-19-27-15-5-1-6-16-27)34(38)36(40)42-32(30-23-11-4-12-24-30)26-14-20-28-17-7-2-8-18-28/h1-26,33-34,37-38H/b19-13+,20-14+,31-25+,32-26+/t33-,34-/m1/s1. The Morgan fingerprint density at radius 2 is 0.810 bits per heavy atom. The van der Waals surface area contributed by atoms with Crippen molar-refractivity contribution >= 4 is 35.6 Å². The van der Waals surface area contributed by atoms with E-state index in [1.807, 2.05) is 84.9 Å². The summed E-state index contributed by atoms with van der Waals surface area (Å²) in [5.41, 5.74) is 3.00. The van der Waals surface area contributed by atoms with Crippen molar-refractivity contribution < 1.29 is 29.3 Å². The molecule has 0 unspecified atom stereocenters. The van der Waals surface area contributed by atoms with E-state index in [9.17, 15) is 19.8 Å². The molecule has 0 saturated carbocycles. The number of carbonyl (C=O) groups excluding carboxylic acids is 2. The lowest BCUT2D eigenvalue weighted by atomic mass is 10.1. The maximum Gasteiger partial charge on any atom is 0.343 e. The van der Waals surface area contributed by atoms with E-state index in [1.165, 1.54) is 0 Å². The second-order valence-electron chi connectivity index (χ2n) is 9.07. The third-order valence-electron chi connectivity index (χ3n) is 5.99. The molecule has 0 bridgehead atoms. The number of esters is 2. The highest BCUT2D eigenvalue weighted by atomic mass is 16.6. The van der Waals surface area contributed by atoms with E-state index in [1.54, 1.807) is 72.8 Å². The van der Waals surface area contributed by atoms with Crippen LogP contribution in [0.3, 0.4) is 0 Å². The van der Waals surface area contributed by atoms with Gasteiger partial charge in [0, 0.05) is 11.1 Å². The molecule has 0 aliphatic carbocycles. The van der Waals surface area contributed by atoms with Gasteiger partial charge in [0.2, 0.25) is 0 Å². The molecule has 0 aromatic heterocycles. The normalized spacial score (nSPS) is 13.6. The third kappa shape index (κ3) is 8.86. The van der Waals surface area contributed by atoms with E-state index in [2.05, 4.69) is 0 Å². The maximum absolute atomic E-state index is 12.9. The predicted molar refractivity (Wildman–Crippen MR) is 164 cm³/mol. The first kappa shape index (κ1) is 29.7. The zero-order valence-electron chi connectivity index (χ0n) is 22.7. The molecule has 0 amide bonds. The van der Waals surface area contributed by atoms with Gasteiger partial charge in [-0.1, -0.05) is 146 Å². The van der Waals surface area contributed by atoms with E-state index in [0.717, 1.165) is 11.1 Å². The van der Waals surface area contributed by atoms with Crippen LogP contribution in [0.2, 0.25) is 0 Å². The lowest BCUT2D eigenvalue weighted by Crippen LogP contribution is -2.41. The van der Waals surface area contributed by atoms with Gasteiger partial charge in [-0.2, -0.15) is 0 Å². The molecule has 2 atom stereocenters. The predicted octanol–water partition coefficient (Wildman–Crippen LogP) is 6.30. The van der Waals surface area contributed by atoms with E-state index < -0.39 is 24.1 Å². The largest absolute Gasteiger partial charge is 0.424 e. The fourth-order valence-electron chi connectivity index (χ4n) is 3.80. The number of aliphatic hydroxyl groups is 2. The summed E-state index contributed by atoms with van der Waals surface area (Å²) in [6.07, 6.45) is 5.77. The van der Waals surface area contributed by atoms with Crippen molar-refractivity contribution in [1.29, 1.82) is 0 Å². The molecule has 42 heavy (non-hydrogen) atoms. The Bertz CT molecular complexity index is 1440. The fraction of sp³-hybridized carbons (Fsp3) is 0.0556. The molecule has 0 fully saturated rings. The average Bonchev–Trinajstić information content (AvgIpc) is 3.04. The van der Waals surface area contributed by atoms with Crippen LogP contribution in [-0.4, -0.2) is 34.4 Å². The lowest BCUT2D eigenvalue weighted by molar-refractivity contribution is -0.165. The van der Waals surface area contributed by atoms with Gasteiger partial charge < -0.3 is 19.7 Å². The van der Waals surface area contributed by atoms with Gasteiger partial charge in [0.15, 0.2) is 12.2 Å². The van der Waals surface area contributed by atoms with E-state index in [0.29, 0.717) is 11.1 Å². The SMILES string of the molecule is O=C(O/C(=C/C=C/c1ccccc1)c1ccccc1)[C@H](O)[C@@H](O)C(=O)O/C(=C/C=C/c1ccccc1)c1ccccc1. The molecule has 0 aliphatic heterocycles. The third-order valence-corrected chi connectivity index (χ3v) is 5.99. The van der Waals surface area contributed by atoms with Gasteiger partial charge in [-0.05, 0) is 23.3 Å². The number of rotatable bonds is 11. The Kier molecular flexibility index (Phi) is 10.9. The van der Waals surface area contributed by atoms with Crippen LogP contribution in [0, 0.1) is 0 Å². The van der Waals surface area contributed by atoms with Crippen LogP contribution >= 0.6 is 0 Å². The minimum absolute atomic E-state index is 0.128. The van der Waals surface area contributed by atoms with Crippen molar-refractivity contribution in [3.05, 3.63) is 168 Å². The van der Waals surface area contributed by atoms with Crippen LogP contribution in [0.15, 0.2) is 146 Å². The van der Waals surface area contributed by atoms with Crippen molar-refractivity contribution in [2.75, 3.05) is 0 Å². The van der Waals surface area contributed by atoms with Crippen LogP contribution in [-0.2, 0) is 19.1 Å². The molecule has 4 aromatic rings. The Morgan fingerprint density at radius 1 is 0.500 bits per heavy atom. The zero-order valence-corrected chi connectivity index (χ0v) is 22.7. The average molecular weight is 559 g/mol. The number of carbonyl (C=O) groups is 2. The van der Waals surface area contributed by atoms with Gasteiger partial charge in [-0.15, -0.1) is 0 Å². The highest BCUT2D eigenvalue weighted by Crippen LogP contribution is 2.20. The number of hydrogen-bond acceptors (Lipinski definition) is 6. The van der Waals surface area contributed by atoms with Gasteiger partial charge in [-0.25, -0.2) is 9.59 Å². The second kappa shape index (κ2) is 15.5. The van der Waals surface area contributed by atoms with Gasteiger partial charge >= 0.3 is 11.9 Å². The highest BCUT2D eigenvalue weighted by molar-refractivity contribution is 5.90. The Balaban J connectivity index is 1.48. The summed E-state index contributed by atoms with van der Waals surface area (Å²) in [7, 11) is 0. The van der Waals surface area contributed by atoms with Crippen LogP contribution in [0.4, 0.5) is 0 Å². The molecule has 6 nitrogen and oxygen atoms in total. The number of allylic oxidation sites excluding steroid dienone is 4. The summed E-state index contributed by atoms with van der Waals surface area (Å²) in [5.74, 6) is -2.17. The number of benzene rings is 4. The Morgan fingerprint density at radius 3 is 1.14 bits per heavy atom. The van der Waals surface area contributed by atoms with Gasteiger partial charge in [-0.3, -0.25) is 0 Å². The summed E-state index contributed by atoms with van der Waals surface area (Å²) in [4.78, 5) is 25.7. The second-order valence-corrected chi connectivity index (χ2v) is 9.07. The van der Waals surface area contributed by atoms with Crippen LogP contribution < -0.4 is 0 Å². The topological polar surface area (TPSA) is 93.1 Å². The number of aliphatic hydroxyl groups excluding tert-OH is 2. The first-order valence-corrected chi connectivity index (χ1v) is 13.3. The van der Waals surface area contributed by atoms with Crippen molar-refractivity contribution in [3.63, 3.8) is 0 Å². The van der Waals surface area contributed by atoms with Gasteiger partial charge in [0.25, 0.3) is 0 Å². The highest BCUT2D eigenvalue weighted by Gasteiger charge is 2.34. The summed E-state index contributed by atoms with van der Waals surface area (Å²) in [6, 6.07) is 36.7. The van der Waals surface area contributed by atoms with Crippen molar-refractivity contribution in [2.24, 2.45) is 0 Å². The van der Waals surface area contributed by atoms with Gasteiger partial charge in [0.1, 0.15) is 11.5 Å². The van der Waals surface area contributed by atoms with Gasteiger partial charge in [0.05, 0.1) is 0 Å². The summed E-state index contributed by atoms with van der Waals surface area (Å²) >= 11 is 0. The van der Waals surface area contributed by atoms with E-state index >= 15 is 0 Å². The minimum Gasteiger partial charge on any atom is -0.424 e. The number of hydrogen-bond donors (Lipinski definition) is 2. The van der Waals surface area contributed by atoms with Crippen LogP contribution in [0.1, 0.15) is 22.3 Å². The quantitative estimate of drug-likeness (QED) is 0.127. The summed E-state index contributed by atoms with van der Waals surface area (Å²) < 4.78 is 10.9. The summed E-state index contributed by atoms with van der Waals surface area (Å²) in [6.45, 7) is 0. The van der Waals surface area contributed by atoms with Crippen LogP contribution in [0.5, 0.6) is 0 Å². The monoisotopic (exact) mass is 558 g/mol. The molecule has 0 saturated heterocycles. The number of ether oxygens (including phenoxy) is 2. The molecule has 4 aromatic carbocycles. The van der Waals surface area contributed by atoms with E-state index in [-0.39, 0.29) is 11.5 Å². The summed E-state index contributed by atoms with van der Waals surface area (Å²) in [5, 5.41) is 21.1. The Labute approximate surface area is 244 Å². The zero-order chi connectivity index (χ0) is 29.6. The molecule has 0 spiro atoms. The molecule has 0 aliphatic rings. The molecule has 2 N–H and O–H groups in total. The van der Waals surface area contributed by atoms with Crippen molar-refractivity contribution in [2.45, 2.75) is 12.2 Å². The Hall–Kier alpha value is -5.30. The minimum atomic E-state index is -2.19.